The molecule has 0 spiro atoms. The summed E-state index contributed by atoms with van der Waals surface area (Å²) in [5.41, 5.74) is 0.297. The first kappa shape index (κ1) is 29.3. The summed E-state index contributed by atoms with van der Waals surface area (Å²) in [6.45, 7) is 5.16. The number of anilines is 2. The number of nitrogens with one attached hydrogen (secondary N) is 2. The summed E-state index contributed by atoms with van der Waals surface area (Å²) in [7, 11) is -3.87. The van der Waals surface area contributed by atoms with Crippen LogP contribution in [0.1, 0.15) is 11.1 Å². The van der Waals surface area contributed by atoms with Crippen molar-refractivity contribution in [3.05, 3.63) is 89.9 Å². The largest absolute Gasteiger partial charge is 0.417 e. The van der Waals surface area contributed by atoms with Crippen molar-refractivity contribution in [3.8, 4) is 0 Å². The molecule has 0 aliphatic carbocycles. The van der Waals surface area contributed by atoms with Crippen LogP contribution in [0.5, 0.6) is 0 Å². The Labute approximate surface area is 234 Å². The summed E-state index contributed by atoms with van der Waals surface area (Å²) in [6, 6.07) is 9.76. The number of piperazine rings is 1. The van der Waals surface area contributed by atoms with Crippen LogP contribution in [0.15, 0.2) is 78.6 Å². The number of nitrogens with zero attached hydrogens (tertiary/aromatic N) is 4. The lowest BCUT2D eigenvalue weighted by molar-refractivity contribution is -0.137. The van der Waals surface area contributed by atoms with E-state index in [0.717, 1.165) is 17.8 Å². The Balaban J connectivity index is 1.36. The first-order valence-electron chi connectivity index (χ1n) is 12.1. The van der Waals surface area contributed by atoms with Crippen molar-refractivity contribution in [2.75, 3.05) is 36.4 Å². The van der Waals surface area contributed by atoms with Gasteiger partial charge in [-0.15, -0.1) is 6.58 Å². The van der Waals surface area contributed by atoms with Gasteiger partial charge in [0.25, 0.3) is 0 Å². The highest BCUT2D eigenvalue weighted by Gasteiger charge is 2.35. The van der Waals surface area contributed by atoms with Gasteiger partial charge in [0, 0.05) is 57.0 Å². The predicted octanol–water partition coefficient (Wildman–Crippen LogP) is 4.58. The number of carbonyl (C=O) groups excluding carboxylic acids is 1. The van der Waals surface area contributed by atoms with E-state index in [1.165, 1.54) is 30.3 Å². The molecule has 1 atom stereocenters. The molecule has 1 fully saturated rings. The molecule has 40 heavy (non-hydrogen) atoms. The van der Waals surface area contributed by atoms with Gasteiger partial charge in [-0.2, -0.15) is 13.2 Å². The number of sulfone groups is 1. The molecule has 4 rings (SSSR count). The van der Waals surface area contributed by atoms with Gasteiger partial charge in [-0.05, 0) is 42.0 Å². The molecule has 0 radical (unpaired) electrons. The minimum absolute atomic E-state index is 0.0496. The smallest absolute Gasteiger partial charge is 0.353 e. The van der Waals surface area contributed by atoms with Gasteiger partial charge in [-0.1, -0.05) is 23.7 Å². The van der Waals surface area contributed by atoms with E-state index in [1.807, 2.05) is 6.07 Å². The van der Waals surface area contributed by atoms with Crippen LogP contribution in [-0.2, 0) is 22.6 Å². The molecule has 2 amide bonds. The van der Waals surface area contributed by atoms with Crippen molar-refractivity contribution in [3.63, 3.8) is 0 Å². The number of hydrogen-bond donors (Lipinski definition) is 2. The van der Waals surface area contributed by atoms with Gasteiger partial charge in [-0.3, -0.25) is 9.88 Å². The number of rotatable bonds is 8. The van der Waals surface area contributed by atoms with Crippen LogP contribution in [-0.4, -0.2) is 60.9 Å². The zero-order valence-corrected chi connectivity index (χ0v) is 22.7. The summed E-state index contributed by atoms with van der Waals surface area (Å²) in [5, 5.41) is 4.19. The van der Waals surface area contributed by atoms with E-state index in [0.29, 0.717) is 18.8 Å². The van der Waals surface area contributed by atoms with E-state index < -0.39 is 33.0 Å². The number of benzene rings is 1. The molecule has 212 valence electrons. The third kappa shape index (κ3) is 6.90. The molecule has 14 heteroatoms. The van der Waals surface area contributed by atoms with Crippen LogP contribution in [0.25, 0.3) is 0 Å². The summed E-state index contributed by atoms with van der Waals surface area (Å²) in [4.78, 5) is 23.5. The fraction of sp³-hybridized carbons (Fsp3) is 0.269. The molecule has 1 aromatic carbocycles. The van der Waals surface area contributed by atoms with Crippen molar-refractivity contribution >= 4 is 39.0 Å². The SMILES string of the molecule is C=CC(N1CCN(c2ncc(C(F)(F)F)cc2Cl)CC1)S(=O)(=O)c1ccc(NC(=O)NCc2cccnc2)cc1. The Hall–Kier alpha value is -3.68. The van der Waals surface area contributed by atoms with E-state index in [9.17, 15) is 26.4 Å². The Morgan fingerprint density at radius 3 is 2.40 bits per heavy atom. The second-order valence-electron chi connectivity index (χ2n) is 8.91. The molecule has 0 bridgehead atoms. The third-order valence-electron chi connectivity index (χ3n) is 6.26. The van der Waals surface area contributed by atoms with Gasteiger partial charge >= 0.3 is 12.2 Å². The van der Waals surface area contributed by atoms with Gasteiger partial charge in [0.05, 0.1) is 15.5 Å². The number of halogens is 4. The van der Waals surface area contributed by atoms with Crippen molar-refractivity contribution in [2.24, 2.45) is 0 Å². The van der Waals surface area contributed by atoms with Gasteiger partial charge in [-0.25, -0.2) is 18.2 Å². The highest BCUT2D eigenvalue weighted by atomic mass is 35.5. The topological polar surface area (TPSA) is 108 Å². The Kier molecular flexibility index (Phi) is 8.96. The van der Waals surface area contributed by atoms with Crippen LogP contribution in [0.4, 0.5) is 29.5 Å². The Morgan fingerprint density at radius 1 is 1.12 bits per heavy atom. The maximum Gasteiger partial charge on any atom is 0.417 e. The van der Waals surface area contributed by atoms with Crippen LogP contribution >= 0.6 is 11.6 Å². The molecule has 2 aromatic heterocycles. The molecule has 9 nitrogen and oxygen atoms in total. The predicted molar refractivity (Wildman–Crippen MR) is 146 cm³/mol. The summed E-state index contributed by atoms with van der Waals surface area (Å²) >= 11 is 6.07. The number of urea groups is 1. The normalized spacial score (nSPS) is 15.3. The average Bonchev–Trinajstić information content (AvgIpc) is 2.93. The lowest BCUT2D eigenvalue weighted by Gasteiger charge is -2.38. The number of carbonyl (C=O) groups is 1. The number of pyridine rings is 2. The number of hydrogen-bond acceptors (Lipinski definition) is 7. The number of aromatic nitrogens is 2. The van der Waals surface area contributed by atoms with Gasteiger partial charge < -0.3 is 15.5 Å². The van der Waals surface area contributed by atoms with Crippen molar-refractivity contribution in [1.29, 1.82) is 0 Å². The number of alkyl halides is 3. The first-order chi connectivity index (χ1) is 19.0. The van der Waals surface area contributed by atoms with E-state index in [-0.39, 0.29) is 35.4 Å². The Bertz CT molecular complexity index is 1450. The summed E-state index contributed by atoms with van der Waals surface area (Å²) in [6.07, 6.45) is 0.781. The van der Waals surface area contributed by atoms with Gasteiger partial charge in [0.15, 0.2) is 9.84 Å². The van der Waals surface area contributed by atoms with E-state index in [2.05, 4.69) is 27.2 Å². The summed E-state index contributed by atoms with van der Waals surface area (Å²) < 4.78 is 65.6. The van der Waals surface area contributed by atoms with Crippen LogP contribution in [0, 0.1) is 0 Å². The van der Waals surface area contributed by atoms with Crippen LogP contribution in [0.2, 0.25) is 5.02 Å². The molecule has 3 heterocycles. The Morgan fingerprint density at radius 2 is 1.82 bits per heavy atom. The quantitative estimate of drug-likeness (QED) is 0.368. The fourth-order valence-electron chi connectivity index (χ4n) is 4.21. The minimum Gasteiger partial charge on any atom is -0.353 e. The molecular weight excluding hydrogens is 569 g/mol. The maximum atomic E-state index is 13.4. The lowest BCUT2D eigenvalue weighted by Crippen LogP contribution is -2.52. The molecular formula is C26H26ClF3N6O3S. The van der Waals surface area contributed by atoms with Crippen molar-refractivity contribution in [2.45, 2.75) is 23.0 Å². The molecule has 3 aromatic rings. The lowest BCUT2D eigenvalue weighted by atomic mass is 10.2. The maximum absolute atomic E-state index is 13.4. The standard InChI is InChI=1S/C26H26ClF3N6O3S/c1-2-23(35-10-12-36(13-11-35)24-22(27)14-19(17-32-24)26(28,29)30)40(38,39)21-7-5-20(6-8-21)34-25(37)33-16-18-4-3-9-31-15-18/h2-9,14-15,17,23H,1,10-13,16H2,(H2,33,34,37). The van der Waals surface area contributed by atoms with E-state index >= 15 is 0 Å². The van der Waals surface area contributed by atoms with Crippen molar-refractivity contribution < 1.29 is 26.4 Å². The second-order valence-corrected chi connectivity index (χ2v) is 11.4. The molecule has 1 aliphatic heterocycles. The molecule has 1 unspecified atom stereocenters. The summed E-state index contributed by atoms with van der Waals surface area (Å²) in [5.74, 6) is 0.208. The highest BCUT2D eigenvalue weighted by molar-refractivity contribution is 7.92. The van der Waals surface area contributed by atoms with Crippen molar-refractivity contribution in [1.82, 2.24) is 20.2 Å². The molecule has 0 saturated carbocycles. The first-order valence-corrected chi connectivity index (χ1v) is 14.0. The van der Waals surface area contributed by atoms with E-state index in [4.69, 9.17) is 11.6 Å². The fourth-order valence-corrected chi connectivity index (χ4v) is 6.14. The van der Waals surface area contributed by atoms with Crippen LogP contribution < -0.4 is 15.5 Å². The third-order valence-corrected chi connectivity index (χ3v) is 8.59. The molecule has 2 N–H and O–H groups in total. The monoisotopic (exact) mass is 594 g/mol. The minimum atomic E-state index is -4.56. The van der Waals surface area contributed by atoms with Gasteiger partial charge in [0.1, 0.15) is 11.2 Å². The van der Waals surface area contributed by atoms with Gasteiger partial charge in [0.2, 0.25) is 0 Å². The number of amides is 2. The average molecular weight is 595 g/mol. The van der Waals surface area contributed by atoms with E-state index in [1.54, 1.807) is 28.3 Å². The second kappa shape index (κ2) is 12.2. The molecule has 1 aliphatic rings. The molecule has 1 saturated heterocycles. The highest BCUT2D eigenvalue weighted by Crippen LogP contribution is 2.34. The van der Waals surface area contributed by atoms with Crippen LogP contribution in [0.3, 0.4) is 0 Å². The zero-order chi connectivity index (χ0) is 28.9. The zero-order valence-electron chi connectivity index (χ0n) is 21.1.